The zero-order chi connectivity index (χ0) is 12.8. The first kappa shape index (κ1) is 14.0. The molecule has 2 N–H and O–H groups in total. The van der Waals surface area contributed by atoms with Crippen molar-refractivity contribution in [3.05, 3.63) is 35.4 Å². The Bertz CT molecular complexity index is 381. The van der Waals surface area contributed by atoms with E-state index < -0.39 is 18.2 Å². The molecule has 0 saturated heterocycles. The van der Waals surface area contributed by atoms with Gasteiger partial charge in [-0.25, -0.2) is 0 Å². The number of esters is 1. The molecule has 0 bridgehead atoms. The second-order valence-corrected chi connectivity index (χ2v) is 4.01. The minimum absolute atomic E-state index is 0.233. The molecule has 0 heterocycles. The highest BCUT2D eigenvalue weighted by Gasteiger charge is 2.21. The standard InChI is InChI=1S/C12H16O4S/c1-16-11(14)6-10(13)12(15)9-4-2-3-8(5-9)7-17/h2-5,10,12-13,15,17H,6-7H2,1H3. The van der Waals surface area contributed by atoms with E-state index in [0.29, 0.717) is 11.3 Å². The summed E-state index contributed by atoms with van der Waals surface area (Å²) in [5.74, 6) is -0.00453. The SMILES string of the molecule is COC(=O)CC(O)C(O)c1cccc(CS)c1. The zero-order valence-corrected chi connectivity index (χ0v) is 10.4. The first-order chi connectivity index (χ1) is 8.08. The van der Waals surface area contributed by atoms with Crippen molar-refractivity contribution in [2.75, 3.05) is 7.11 Å². The van der Waals surface area contributed by atoms with Crippen molar-refractivity contribution in [1.29, 1.82) is 0 Å². The lowest BCUT2D eigenvalue weighted by atomic mass is 10.0. The van der Waals surface area contributed by atoms with Crippen molar-refractivity contribution in [2.24, 2.45) is 0 Å². The zero-order valence-electron chi connectivity index (χ0n) is 9.54. The van der Waals surface area contributed by atoms with E-state index in [2.05, 4.69) is 17.4 Å². The maximum Gasteiger partial charge on any atom is 0.308 e. The van der Waals surface area contributed by atoms with Crippen LogP contribution in [0.2, 0.25) is 0 Å². The molecule has 0 aliphatic carbocycles. The Morgan fingerprint density at radius 2 is 2.18 bits per heavy atom. The summed E-state index contributed by atoms with van der Waals surface area (Å²) in [5, 5.41) is 19.5. The minimum Gasteiger partial charge on any atom is -0.469 e. The number of carbonyl (C=O) groups is 1. The molecule has 1 aromatic rings. The van der Waals surface area contributed by atoms with Gasteiger partial charge < -0.3 is 14.9 Å². The lowest BCUT2D eigenvalue weighted by molar-refractivity contribution is -0.144. The van der Waals surface area contributed by atoms with Crippen molar-refractivity contribution in [2.45, 2.75) is 24.4 Å². The number of hydrogen-bond acceptors (Lipinski definition) is 5. The summed E-state index contributed by atoms with van der Waals surface area (Å²) in [7, 11) is 1.24. The average molecular weight is 256 g/mol. The number of hydrogen-bond donors (Lipinski definition) is 3. The summed E-state index contributed by atoms with van der Waals surface area (Å²) in [6, 6.07) is 7.08. The average Bonchev–Trinajstić information content (AvgIpc) is 2.37. The Hall–Kier alpha value is -1.04. The van der Waals surface area contributed by atoms with E-state index in [4.69, 9.17) is 0 Å². The molecule has 0 aliphatic rings. The number of ether oxygens (including phenoxy) is 1. The number of aliphatic hydroxyl groups is 2. The Morgan fingerprint density at radius 1 is 1.47 bits per heavy atom. The third-order valence-corrected chi connectivity index (χ3v) is 2.81. The van der Waals surface area contributed by atoms with Crippen molar-refractivity contribution < 1.29 is 19.7 Å². The van der Waals surface area contributed by atoms with Crippen LogP contribution in [0.1, 0.15) is 23.7 Å². The Kier molecular flexibility index (Phi) is 5.47. The fourth-order valence-electron chi connectivity index (χ4n) is 1.46. The van der Waals surface area contributed by atoms with Gasteiger partial charge in [0.25, 0.3) is 0 Å². The van der Waals surface area contributed by atoms with E-state index in [9.17, 15) is 15.0 Å². The van der Waals surface area contributed by atoms with Gasteiger partial charge in [0.15, 0.2) is 0 Å². The maximum absolute atomic E-state index is 11.0. The molecule has 0 spiro atoms. The van der Waals surface area contributed by atoms with Gasteiger partial charge in [0, 0.05) is 5.75 Å². The highest BCUT2D eigenvalue weighted by atomic mass is 32.1. The van der Waals surface area contributed by atoms with E-state index in [-0.39, 0.29) is 6.42 Å². The van der Waals surface area contributed by atoms with Gasteiger partial charge in [0.05, 0.1) is 19.6 Å². The van der Waals surface area contributed by atoms with Gasteiger partial charge in [-0.15, -0.1) is 0 Å². The van der Waals surface area contributed by atoms with Crippen LogP contribution >= 0.6 is 12.6 Å². The third kappa shape index (κ3) is 4.03. The van der Waals surface area contributed by atoms with Crippen LogP contribution in [-0.2, 0) is 15.3 Å². The summed E-state index contributed by atoms with van der Waals surface area (Å²) in [6.07, 6.45) is -2.51. The summed E-state index contributed by atoms with van der Waals surface area (Å²) < 4.78 is 4.43. The molecule has 94 valence electrons. The fourth-order valence-corrected chi connectivity index (χ4v) is 1.66. The summed E-state index contributed by atoms with van der Waals surface area (Å²) >= 11 is 4.13. The maximum atomic E-state index is 11.0. The smallest absolute Gasteiger partial charge is 0.308 e. The third-order valence-electron chi connectivity index (χ3n) is 2.44. The molecule has 0 aliphatic heterocycles. The van der Waals surface area contributed by atoms with Gasteiger partial charge in [-0.05, 0) is 11.1 Å². The normalized spacial score (nSPS) is 14.1. The molecule has 2 unspecified atom stereocenters. The van der Waals surface area contributed by atoms with Crippen LogP contribution in [0, 0.1) is 0 Å². The number of benzene rings is 1. The molecular formula is C12H16O4S. The van der Waals surface area contributed by atoms with Crippen molar-refractivity contribution >= 4 is 18.6 Å². The van der Waals surface area contributed by atoms with Crippen LogP contribution in [0.25, 0.3) is 0 Å². The molecule has 0 radical (unpaired) electrons. The number of thiol groups is 1. The fraction of sp³-hybridized carbons (Fsp3) is 0.417. The predicted octanol–water partition coefficient (Wildman–Crippen LogP) is 1.07. The quantitative estimate of drug-likeness (QED) is 0.544. The molecule has 4 nitrogen and oxygen atoms in total. The molecule has 1 aromatic carbocycles. The first-order valence-corrected chi connectivity index (χ1v) is 5.84. The minimum atomic E-state index is -1.17. The Labute approximate surface area is 106 Å². The second kappa shape index (κ2) is 6.64. The molecule has 0 amide bonds. The summed E-state index contributed by atoms with van der Waals surface area (Å²) in [4.78, 5) is 11.0. The van der Waals surface area contributed by atoms with Crippen molar-refractivity contribution in [3.63, 3.8) is 0 Å². The van der Waals surface area contributed by atoms with E-state index in [1.165, 1.54) is 7.11 Å². The van der Waals surface area contributed by atoms with Gasteiger partial charge in [-0.1, -0.05) is 24.3 Å². The number of aliphatic hydroxyl groups excluding tert-OH is 2. The van der Waals surface area contributed by atoms with Crippen molar-refractivity contribution in [1.82, 2.24) is 0 Å². The van der Waals surface area contributed by atoms with Gasteiger partial charge in [0.1, 0.15) is 6.10 Å². The molecule has 2 atom stereocenters. The molecule has 0 saturated carbocycles. The Morgan fingerprint density at radius 3 is 2.76 bits per heavy atom. The number of rotatable bonds is 5. The lowest BCUT2D eigenvalue weighted by Crippen LogP contribution is -2.22. The van der Waals surface area contributed by atoms with Crippen LogP contribution in [0.15, 0.2) is 24.3 Å². The predicted molar refractivity (Wildman–Crippen MR) is 66.7 cm³/mol. The number of carbonyl (C=O) groups excluding carboxylic acids is 1. The van der Waals surface area contributed by atoms with Gasteiger partial charge >= 0.3 is 5.97 Å². The lowest BCUT2D eigenvalue weighted by Gasteiger charge is -2.17. The van der Waals surface area contributed by atoms with E-state index >= 15 is 0 Å². The van der Waals surface area contributed by atoms with Crippen LogP contribution in [0.4, 0.5) is 0 Å². The second-order valence-electron chi connectivity index (χ2n) is 3.70. The molecule has 5 heteroatoms. The molecular weight excluding hydrogens is 240 g/mol. The first-order valence-electron chi connectivity index (χ1n) is 5.21. The topological polar surface area (TPSA) is 66.8 Å². The largest absolute Gasteiger partial charge is 0.469 e. The summed E-state index contributed by atoms with van der Waals surface area (Å²) in [5.41, 5.74) is 1.50. The van der Waals surface area contributed by atoms with Gasteiger partial charge in [-0.3, -0.25) is 4.79 Å². The summed E-state index contributed by atoms with van der Waals surface area (Å²) in [6.45, 7) is 0. The van der Waals surface area contributed by atoms with Crippen LogP contribution in [-0.4, -0.2) is 29.4 Å². The van der Waals surface area contributed by atoms with E-state index in [1.54, 1.807) is 18.2 Å². The van der Waals surface area contributed by atoms with Crippen LogP contribution in [0.3, 0.4) is 0 Å². The highest BCUT2D eigenvalue weighted by molar-refractivity contribution is 7.79. The number of methoxy groups -OCH3 is 1. The highest BCUT2D eigenvalue weighted by Crippen LogP contribution is 2.20. The molecule has 1 rings (SSSR count). The van der Waals surface area contributed by atoms with Crippen molar-refractivity contribution in [3.8, 4) is 0 Å². The molecule has 0 aromatic heterocycles. The Balaban J connectivity index is 2.73. The van der Waals surface area contributed by atoms with Gasteiger partial charge in [-0.2, -0.15) is 12.6 Å². The van der Waals surface area contributed by atoms with Crippen LogP contribution < -0.4 is 0 Å². The monoisotopic (exact) mass is 256 g/mol. The molecule has 17 heavy (non-hydrogen) atoms. The van der Waals surface area contributed by atoms with Crippen LogP contribution in [0.5, 0.6) is 0 Å². The van der Waals surface area contributed by atoms with Gasteiger partial charge in [0.2, 0.25) is 0 Å². The van der Waals surface area contributed by atoms with E-state index in [1.807, 2.05) is 6.07 Å². The molecule has 0 fully saturated rings. The van der Waals surface area contributed by atoms with E-state index in [0.717, 1.165) is 5.56 Å².